The second-order valence-corrected chi connectivity index (χ2v) is 5.44. The molecule has 88 valence electrons. The van der Waals surface area contributed by atoms with Gasteiger partial charge in [-0.3, -0.25) is 0 Å². The summed E-state index contributed by atoms with van der Waals surface area (Å²) in [5, 5.41) is 3.47. The molecule has 0 fully saturated rings. The number of nitrogens with zero attached hydrogens (tertiary/aromatic N) is 1. The lowest BCUT2D eigenvalue weighted by atomic mass is 10.3. The summed E-state index contributed by atoms with van der Waals surface area (Å²) in [6.07, 6.45) is 0. The van der Waals surface area contributed by atoms with Crippen molar-refractivity contribution in [2.75, 3.05) is 7.11 Å². The Kier molecular flexibility index (Phi) is 4.73. The van der Waals surface area contributed by atoms with Gasteiger partial charge in [0.15, 0.2) is 0 Å². The Hall–Kier alpha value is -1.10. The molecule has 0 radical (unpaired) electrons. The molecule has 0 aromatic heterocycles. The third-order valence-electron chi connectivity index (χ3n) is 1.43. The van der Waals surface area contributed by atoms with Crippen LogP contribution in [0.2, 0.25) is 0 Å². The van der Waals surface area contributed by atoms with E-state index in [0.29, 0.717) is 5.75 Å². The minimum Gasteiger partial charge on any atom is -0.416 e. The van der Waals surface area contributed by atoms with Crippen molar-refractivity contribution in [2.24, 2.45) is 5.16 Å². The van der Waals surface area contributed by atoms with Gasteiger partial charge >= 0.3 is 6.72 Å². The molecule has 1 atom stereocenters. The first-order valence-electron chi connectivity index (χ1n) is 4.38. The summed E-state index contributed by atoms with van der Waals surface area (Å²) in [5.41, 5.74) is 0. The smallest absolute Gasteiger partial charge is 0.416 e. The Balaban J connectivity index is 2.66. The molecule has 16 heavy (non-hydrogen) atoms. The van der Waals surface area contributed by atoms with Gasteiger partial charge in [-0.15, -0.1) is 0 Å². The van der Waals surface area contributed by atoms with E-state index >= 15 is 0 Å². The van der Waals surface area contributed by atoms with Crippen LogP contribution in [0.5, 0.6) is 5.75 Å². The summed E-state index contributed by atoms with van der Waals surface area (Å²) < 4.78 is 10.1. The topological polar surface area (TPSA) is 60.3 Å². The maximum absolute atomic E-state index is 9.71. The van der Waals surface area contributed by atoms with Crippen molar-refractivity contribution in [1.82, 2.24) is 0 Å². The molecule has 0 spiro atoms. The molecule has 0 amide bonds. The van der Waals surface area contributed by atoms with Crippen LogP contribution in [-0.4, -0.2) is 17.9 Å². The average Bonchev–Trinajstić information content (AvgIpc) is 2.17. The Bertz CT molecular complexity index is 409. The molecule has 7 heteroatoms. The summed E-state index contributed by atoms with van der Waals surface area (Å²) >= 11 is 4.80. The second kappa shape index (κ2) is 5.84. The zero-order chi connectivity index (χ0) is 12.0. The molecule has 1 unspecified atom stereocenters. The van der Waals surface area contributed by atoms with E-state index in [4.69, 9.17) is 20.9 Å². The highest BCUT2D eigenvalue weighted by Gasteiger charge is 2.19. The highest BCUT2D eigenvalue weighted by Crippen LogP contribution is 2.44. The van der Waals surface area contributed by atoms with Crippen molar-refractivity contribution >= 4 is 24.4 Å². The van der Waals surface area contributed by atoms with Gasteiger partial charge in [-0.2, -0.15) is 0 Å². The first kappa shape index (κ1) is 13.0. The maximum Gasteiger partial charge on any atom is 0.433 e. The molecule has 0 saturated carbocycles. The van der Waals surface area contributed by atoms with Crippen molar-refractivity contribution in [3.05, 3.63) is 30.3 Å². The molecule has 0 saturated heterocycles. The van der Waals surface area contributed by atoms with Gasteiger partial charge in [0.25, 0.3) is 0 Å². The molecule has 0 aliphatic rings. The zero-order valence-corrected chi connectivity index (χ0v) is 10.6. The molecular weight excluding hydrogens is 249 g/mol. The van der Waals surface area contributed by atoms with Crippen molar-refractivity contribution in [2.45, 2.75) is 6.92 Å². The lowest BCUT2D eigenvalue weighted by Gasteiger charge is -2.16. The van der Waals surface area contributed by atoms with E-state index < -0.39 is 6.72 Å². The minimum absolute atomic E-state index is 0.115. The van der Waals surface area contributed by atoms with E-state index in [9.17, 15) is 4.89 Å². The zero-order valence-electron chi connectivity index (χ0n) is 8.86. The van der Waals surface area contributed by atoms with Crippen LogP contribution in [0.1, 0.15) is 6.92 Å². The van der Waals surface area contributed by atoms with Crippen LogP contribution in [0, 0.1) is 0 Å². The highest BCUT2D eigenvalue weighted by molar-refractivity contribution is 8.07. The summed E-state index contributed by atoms with van der Waals surface area (Å²) in [4.78, 5) is 14.2. The molecule has 1 aromatic rings. The van der Waals surface area contributed by atoms with Gasteiger partial charge in [0.2, 0.25) is 5.90 Å². The van der Waals surface area contributed by atoms with Crippen molar-refractivity contribution in [3.63, 3.8) is 0 Å². The molecule has 0 aliphatic carbocycles. The monoisotopic (exact) mass is 261 g/mol. The molecule has 1 N–H and O–H groups in total. The predicted octanol–water partition coefficient (Wildman–Crippen LogP) is 2.28. The molecule has 1 rings (SSSR count). The van der Waals surface area contributed by atoms with E-state index in [0.717, 1.165) is 0 Å². The molecule has 1 aromatic carbocycles. The van der Waals surface area contributed by atoms with Gasteiger partial charge in [-0.25, -0.2) is 0 Å². The predicted molar refractivity (Wildman–Crippen MR) is 64.8 cm³/mol. The number of benzene rings is 1. The van der Waals surface area contributed by atoms with Gasteiger partial charge in [-0.1, -0.05) is 23.4 Å². The van der Waals surface area contributed by atoms with Crippen LogP contribution in [0.3, 0.4) is 0 Å². The maximum atomic E-state index is 9.71. The minimum atomic E-state index is -3.38. The van der Waals surface area contributed by atoms with E-state index in [-0.39, 0.29) is 5.90 Å². The van der Waals surface area contributed by atoms with Crippen LogP contribution in [-0.2, 0) is 21.2 Å². The molecule has 0 heterocycles. The number of oxime groups is 1. The third kappa shape index (κ3) is 4.61. The fraction of sp³-hybridized carbons (Fsp3) is 0.222. The lowest BCUT2D eigenvalue weighted by molar-refractivity contribution is 0.203. The van der Waals surface area contributed by atoms with Crippen LogP contribution in [0.4, 0.5) is 0 Å². The summed E-state index contributed by atoms with van der Waals surface area (Å²) in [6, 6.07) is 8.70. The normalized spacial score (nSPS) is 15.1. The first-order chi connectivity index (χ1) is 7.53. The van der Waals surface area contributed by atoms with Crippen LogP contribution >= 0.6 is 6.72 Å². The Labute approximate surface area is 98.9 Å². The molecule has 0 aliphatic heterocycles. The Morgan fingerprint density at radius 3 is 2.56 bits per heavy atom. The third-order valence-corrected chi connectivity index (χ3v) is 2.81. The van der Waals surface area contributed by atoms with Crippen molar-refractivity contribution < 1.29 is 18.8 Å². The quantitative estimate of drug-likeness (QED) is 0.390. The van der Waals surface area contributed by atoms with Crippen LogP contribution < -0.4 is 4.52 Å². The number of hydrogen-bond donors (Lipinski definition) is 1. The van der Waals surface area contributed by atoms with E-state index in [2.05, 4.69) is 9.99 Å². The van der Waals surface area contributed by atoms with Gasteiger partial charge in [-0.05, 0) is 12.1 Å². The number of para-hydroxylation sites is 1. The van der Waals surface area contributed by atoms with Gasteiger partial charge in [0, 0.05) is 18.7 Å². The van der Waals surface area contributed by atoms with E-state index in [1.807, 2.05) is 6.07 Å². The Morgan fingerprint density at radius 2 is 2.00 bits per heavy atom. The number of hydrogen-bond acceptors (Lipinski definition) is 5. The molecule has 5 nitrogen and oxygen atoms in total. The fourth-order valence-electron chi connectivity index (χ4n) is 0.945. The lowest BCUT2D eigenvalue weighted by Crippen LogP contribution is -2.02. The van der Waals surface area contributed by atoms with Gasteiger partial charge in [0.1, 0.15) is 12.9 Å². The summed E-state index contributed by atoms with van der Waals surface area (Å²) in [6.45, 7) is -1.87. The van der Waals surface area contributed by atoms with Gasteiger partial charge < -0.3 is 18.8 Å². The number of rotatable bonds is 4. The molecular formula is C9H12NO4PS. The van der Waals surface area contributed by atoms with Crippen molar-refractivity contribution in [1.29, 1.82) is 0 Å². The largest absolute Gasteiger partial charge is 0.433 e. The van der Waals surface area contributed by atoms with E-state index in [1.54, 1.807) is 24.3 Å². The van der Waals surface area contributed by atoms with Gasteiger partial charge in [0.05, 0.1) is 0 Å². The Morgan fingerprint density at radius 1 is 1.38 bits per heavy atom. The summed E-state index contributed by atoms with van der Waals surface area (Å²) in [7, 11) is 1.37. The van der Waals surface area contributed by atoms with Crippen LogP contribution in [0.15, 0.2) is 35.5 Å². The summed E-state index contributed by atoms with van der Waals surface area (Å²) in [5.74, 6) is 0.558. The van der Waals surface area contributed by atoms with Crippen molar-refractivity contribution in [3.8, 4) is 5.75 Å². The standard InChI is InChI=1S/C9H12NO4PS/c1-8(10-12-2)13-15(11,16)14-9-6-4-3-5-7-9/h3-7H,1-2H3,(H,11,16). The fourth-order valence-corrected chi connectivity index (χ4v) is 2.32. The van der Waals surface area contributed by atoms with E-state index in [1.165, 1.54) is 14.0 Å². The average molecular weight is 261 g/mol. The highest BCUT2D eigenvalue weighted by atomic mass is 32.5. The first-order valence-corrected chi connectivity index (χ1v) is 6.97. The van der Waals surface area contributed by atoms with Crippen LogP contribution in [0.25, 0.3) is 0 Å². The SMILES string of the molecule is CON=C(C)OP(O)(=S)Oc1ccccc1. The molecule has 0 bridgehead atoms. The second-order valence-electron chi connectivity index (χ2n) is 2.76.